The Morgan fingerprint density at radius 1 is 1.79 bits per heavy atom. The summed E-state index contributed by atoms with van der Waals surface area (Å²) in [6.45, 7) is 2.19. The molecular weight excluding hydrogens is 184 g/mol. The van der Waals surface area contributed by atoms with Crippen LogP contribution in [0.5, 0.6) is 0 Å². The van der Waals surface area contributed by atoms with Crippen LogP contribution in [0.3, 0.4) is 0 Å². The average molecular weight is 198 g/mol. The molecule has 0 spiro atoms. The highest BCUT2D eigenvalue weighted by molar-refractivity contribution is 5.74. The normalized spacial score (nSPS) is 12.5. The predicted molar refractivity (Wildman–Crippen MR) is 49.3 cm³/mol. The van der Waals surface area contributed by atoms with E-state index in [0.29, 0.717) is 12.4 Å². The molecule has 0 radical (unpaired) electrons. The van der Waals surface area contributed by atoms with Gasteiger partial charge in [-0.1, -0.05) is 0 Å². The molecule has 1 N–H and O–H groups in total. The van der Waals surface area contributed by atoms with Gasteiger partial charge in [0.2, 0.25) is 0 Å². The van der Waals surface area contributed by atoms with Gasteiger partial charge in [0.15, 0.2) is 5.82 Å². The second kappa shape index (κ2) is 4.71. The second-order valence-electron chi connectivity index (χ2n) is 2.96. The number of hydrogen-bond acceptors (Lipinski definition) is 5. The van der Waals surface area contributed by atoms with Crippen LogP contribution >= 0.6 is 0 Å². The molecule has 14 heavy (non-hydrogen) atoms. The highest BCUT2D eigenvalue weighted by atomic mass is 16.5. The summed E-state index contributed by atoms with van der Waals surface area (Å²) in [4.78, 5) is 15.0. The number of hydrogen-bond donors (Lipinski definition) is 1. The van der Waals surface area contributed by atoms with Gasteiger partial charge >= 0.3 is 5.97 Å². The lowest BCUT2D eigenvalue weighted by molar-refractivity contribution is -0.142. The van der Waals surface area contributed by atoms with Gasteiger partial charge in [-0.05, 0) is 6.92 Å². The van der Waals surface area contributed by atoms with Crippen molar-refractivity contribution in [3.8, 4) is 0 Å². The second-order valence-corrected chi connectivity index (χ2v) is 2.96. The molecule has 0 bridgehead atoms. The summed E-state index contributed by atoms with van der Waals surface area (Å²) in [5, 5.41) is 7.01. The van der Waals surface area contributed by atoms with Gasteiger partial charge in [0, 0.05) is 7.05 Å². The molecule has 1 atom stereocenters. The smallest absolute Gasteiger partial charge is 0.322 e. The van der Waals surface area contributed by atoms with Crippen LogP contribution in [0.2, 0.25) is 0 Å². The van der Waals surface area contributed by atoms with Crippen LogP contribution in [-0.2, 0) is 23.1 Å². The van der Waals surface area contributed by atoms with Crippen molar-refractivity contribution in [1.82, 2.24) is 20.1 Å². The van der Waals surface area contributed by atoms with E-state index < -0.39 is 0 Å². The van der Waals surface area contributed by atoms with Gasteiger partial charge in [0.25, 0.3) is 0 Å². The topological polar surface area (TPSA) is 69.0 Å². The minimum Gasteiger partial charge on any atom is -0.468 e. The molecule has 0 saturated heterocycles. The fraction of sp³-hybridized carbons (Fsp3) is 0.625. The maximum atomic E-state index is 11.0. The number of nitrogens with one attached hydrogen (secondary N) is 1. The first-order valence-corrected chi connectivity index (χ1v) is 4.29. The van der Waals surface area contributed by atoms with Crippen LogP contribution in [0.15, 0.2) is 6.33 Å². The summed E-state index contributed by atoms with van der Waals surface area (Å²) in [6.07, 6.45) is 1.61. The Bertz CT molecular complexity index is 310. The average Bonchev–Trinajstić information content (AvgIpc) is 2.59. The van der Waals surface area contributed by atoms with Gasteiger partial charge in [0.1, 0.15) is 12.4 Å². The van der Waals surface area contributed by atoms with E-state index in [9.17, 15) is 4.79 Å². The Morgan fingerprint density at radius 2 is 2.50 bits per heavy atom. The third-order valence-corrected chi connectivity index (χ3v) is 1.77. The molecule has 0 saturated carbocycles. The SMILES string of the molecule is COC(=O)C(C)NCc1ncn(C)n1. The Morgan fingerprint density at radius 3 is 3.00 bits per heavy atom. The first-order valence-electron chi connectivity index (χ1n) is 4.29. The van der Waals surface area contributed by atoms with E-state index in [4.69, 9.17) is 0 Å². The molecule has 1 unspecified atom stereocenters. The number of ether oxygens (including phenoxy) is 1. The molecule has 0 aliphatic heterocycles. The largest absolute Gasteiger partial charge is 0.468 e. The summed E-state index contributed by atoms with van der Waals surface area (Å²) in [5.41, 5.74) is 0. The van der Waals surface area contributed by atoms with Gasteiger partial charge in [-0.15, -0.1) is 0 Å². The minimum atomic E-state index is -0.344. The minimum absolute atomic E-state index is 0.291. The number of carbonyl (C=O) groups is 1. The number of esters is 1. The third kappa shape index (κ3) is 2.81. The van der Waals surface area contributed by atoms with E-state index in [2.05, 4.69) is 20.1 Å². The summed E-state index contributed by atoms with van der Waals surface area (Å²) in [7, 11) is 3.15. The molecule has 1 aromatic rings. The molecular formula is C8H14N4O2. The lowest BCUT2D eigenvalue weighted by atomic mass is 10.3. The monoisotopic (exact) mass is 198 g/mol. The van der Waals surface area contributed by atoms with Crippen LogP contribution in [0.25, 0.3) is 0 Å². The first kappa shape index (κ1) is 10.6. The lowest BCUT2D eigenvalue weighted by Gasteiger charge is -2.08. The Kier molecular flexibility index (Phi) is 3.58. The van der Waals surface area contributed by atoms with E-state index in [-0.39, 0.29) is 12.0 Å². The Labute approximate surface area is 82.3 Å². The summed E-state index contributed by atoms with van der Waals surface area (Å²) in [5.74, 6) is 0.365. The lowest BCUT2D eigenvalue weighted by Crippen LogP contribution is -2.34. The highest BCUT2D eigenvalue weighted by Crippen LogP contribution is 1.91. The Hall–Kier alpha value is -1.43. The standard InChI is InChI=1S/C8H14N4O2/c1-6(8(13)14-3)9-4-7-10-5-12(2)11-7/h5-6,9H,4H2,1-3H3. The molecule has 6 heteroatoms. The zero-order chi connectivity index (χ0) is 10.6. The number of rotatable bonds is 4. The Balaban J connectivity index is 2.37. The number of aryl methyl sites for hydroxylation is 1. The molecule has 1 aromatic heterocycles. The molecule has 0 amide bonds. The molecule has 0 aromatic carbocycles. The fourth-order valence-corrected chi connectivity index (χ4v) is 0.969. The number of methoxy groups -OCH3 is 1. The van der Waals surface area contributed by atoms with Crippen molar-refractivity contribution in [2.24, 2.45) is 7.05 Å². The number of carbonyl (C=O) groups excluding carboxylic acids is 1. The van der Waals surface area contributed by atoms with E-state index in [1.54, 1.807) is 25.0 Å². The van der Waals surface area contributed by atoms with Gasteiger partial charge in [-0.2, -0.15) is 5.10 Å². The molecule has 6 nitrogen and oxygen atoms in total. The zero-order valence-electron chi connectivity index (χ0n) is 8.52. The van der Waals surface area contributed by atoms with Crippen molar-refractivity contribution < 1.29 is 9.53 Å². The predicted octanol–water partition coefficient (Wildman–Crippen LogP) is -0.534. The van der Waals surface area contributed by atoms with Crippen molar-refractivity contribution in [2.75, 3.05) is 7.11 Å². The van der Waals surface area contributed by atoms with Crippen LogP contribution in [-0.4, -0.2) is 33.9 Å². The summed E-state index contributed by atoms with van der Waals surface area (Å²) in [6, 6.07) is -0.344. The molecule has 78 valence electrons. The van der Waals surface area contributed by atoms with Crippen LogP contribution in [0.4, 0.5) is 0 Å². The van der Waals surface area contributed by atoms with Crippen molar-refractivity contribution in [1.29, 1.82) is 0 Å². The van der Waals surface area contributed by atoms with E-state index in [1.165, 1.54) is 7.11 Å². The van der Waals surface area contributed by atoms with E-state index >= 15 is 0 Å². The number of aromatic nitrogens is 3. The fourth-order valence-electron chi connectivity index (χ4n) is 0.969. The van der Waals surface area contributed by atoms with Gasteiger partial charge in [0.05, 0.1) is 13.7 Å². The quantitative estimate of drug-likeness (QED) is 0.658. The van der Waals surface area contributed by atoms with Crippen LogP contribution in [0, 0.1) is 0 Å². The third-order valence-electron chi connectivity index (χ3n) is 1.77. The molecule has 0 fully saturated rings. The van der Waals surface area contributed by atoms with Crippen molar-refractivity contribution in [3.63, 3.8) is 0 Å². The first-order chi connectivity index (χ1) is 6.63. The van der Waals surface area contributed by atoms with Crippen molar-refractivity contribution in [3.05, 3.63) is 12.2 Å². The van der Waals surface area contributed by atoms with E-state index in [1.807, 2.05) is 0 Å². The highest BCUT2D eigenvalue weighted by Gasteiger charge is 2.12. The maximum absolute atomic E-state index is 11.0. The molecule has 1 heterocycles. The van der Waals surface area contributed by atoms with E-state index in [0.717, 1.165) is 0 Å². The molecule has 0 aliphatic rings. The zero-order valence-corrected chi connectivity index (χ0v) is 8.52. The maximum Gasteiger partial charge on any atom is 0.322 e. The summed E-state index contributed by atoms with van der Waals surface area (Å²) < 4.78 is 6.17. The molecule has 1 rings (SSSR count). The van der Waals surface area contributed by atoms with Crippen molar-refractivity contribution in [2.45, 2.75) is 19.5 Å². The van der Waals surface area contributed by atoms with Crippen molar-refractivity contribution >= 4 is 5.97 Å². The molecule has 0 aliphatic carbocycles. The number of nitrogens with zero attached hydrogens (tertiary/aromatic N) is 3. The van der Waals surface area contributed by atoms with Gasteiger partial charge in [-0.25, -0.2) is 4.98 Å². The van der Waals surface area contributed by atoms with Gasteiger partial charge in [-0.3, -0.25) is 14.8 Å². The summed E-state index contributed by atoms with van der Waals surface area (Å²) >= 11 is 0. The van der Waals surface area contributed by atoms with Gasteiger partial charge < -0.3 is 4.74 Å². The van der Waals surface area contributed by atoms with Crippen LogP contribution in [0.1, 0.15) is 12.7 Å². The van der Waals surface area contributed by atoms with Crippen LogP contribution < -0.4 is 5.32 Å².